The van der Waals surface area contributed by atoms with Crippen LogP contribution in [0.3, 0.4) is 0 Å². The first-order valence-corrected chi connectivity index (χ1v) is 6.84. The Hall–Kier alpha value is -2.28. The minimum Gasteiger partial charge on any atom is -0.264 e. The fourth-order valence-corrected chi connectivity index (χ4v) is 2.85. The van der Waals surface area contributed by atoms with Crippen molar-refractivity contribution in [1.82, 2.24) is 0 Å². The van der Waals surface area contributed by atoms with Crippen LogP contribution in [0, 0.1) is 20.2 Å². The minimum absolute atomic E-state index is 0.223. The van der Waals surface area contributed by atoms with Crippen molar-refractivity contribution in [2.24, 2.45) is 0 Å². The Kier molecular flexibility index (Phi) is 4.32. The average molecular weight is 351 g/mol. The molecular weight excluding hydrogens is 340 g/mol. The lowest BCUT2D eigenvalue weighted by atomic mass is 9.94. The zero-order chi connectivity index (χ0) is 15.5. The van der Waals surface area contributed by atoms with E-state index in [4.69, 9.17) is 0 Å². The summed E-state index contributed by atoms with van der Waals surface area (Å²) >= 11 is 3.02. The third kappa shape index (κ3) is 2.78. The highest BCUT2D eigenvalue weighted by molar-refractivity contribution is 9.09. The summed E-state index contributed by atoms with van der Waals surface area (Å²) < 4.78 is -2.03. The van der Waals surface area contributed by atoms with Gasteiger partial charge in [0.05, 0.1) is 4.92 Å². The summed E-state index contributed by atoms with van der Waals surface area (Å²) in [6.07, 6.45) is 0. The predicted molar refractivity (Wildman–Crippen MR) is 80.2 cm³/mol. The van der Waals surface area contributed by atoms with Gasteiger partial charge in [-0.05, 0) is 0 Å². The Morgan fingerprint density at radius 1 is 0.905 bits per heavy atom. The van der Waals surface area contributed by atoms with Crippen molar-refractivity contribution >= 4 is 15.9 Å². The van der Waals surface area contributed by atoms with E-state index in [0.29, 0.717) is 0 Å². The number of rotatable bonds is 5. The zero-order valence-electron chi connectivity index (χ0n) is 10.8. The average Bonchev–Trinajstić information content (AvgIpc) is 2.48. The SMILES string of the molecule is O=[N+]([O-])C(c1ccccc1)C(Br)(c1ccccc1)[N+](=O)[O-]. The molecule has 2 aromatic carbocycles. The molecule has 0 saturated heterocycles. The second-order valence-electron chi connectivity index (χ2n) is 4.40. The van der Waals surface area contributed by atoms with E-state index in [1.807, 2.05) is 0 Å². The van der Waals surface area contributed by atoms with E-state index < -0.39 is 20.3 Å². The van der Waals surface area contributed by atoms with E-state index in [1.54, 1.807) is 36.4 Å². The molecule has 0 saturated carbocycles. The molecule has 0 bridgehead atoms. The number of hydrogen-bond donors (Lipinski definition) is 0. The monoisotopic (exact) mass is 350 g/mol. The Labute approximate surface area is 128 Å². The Balaban J connectivity index is 2.64. The van der Waals surface area contributed by atoms with Gasteiger partial charge < -0.3 is 0 Å². The number of alkyl halides is 1. The van der Waals surface area contributed by atoms with Gasteiger partial charge >= 0.3 is 10.5 Å². The molecular formula is C14H11BrN2O4. The fraction of sp³-hybridized carbons (Fsp3) is 0.143. The summed E-state index contributed by atoms with van der Waals surface area (Å²) in [4.78, 5) is 21.8. The Morgan fingerprint density at radius 3 is 1.81 bits per heavy atom. The molecule has 2 rings (SSSR count). The van der Waals surface area contributed by atoms with Crippen LogP contribution in [0.15, 0.2) is 60.7 Å². The largest absolute Gasteiger partial charge is 0.369 e. The van der Waals surface area contributed by atoms with E-state index in [9.17, 15) is 20.2 Å². The molecule has 0 aromatic heterocycles. The lowest BCUT2D eigenvalue weighted by Gasteiger charge is -2.22. The molecule has 0 radical (unpaired) electrons. The molecule has 0 fully saturated rings. The molecule has 7 heteroatoms. The molecule has 2 unspecified atom stereocenters. The Bertz CT molecular complexity index is 651. The van der Waals surface area contributed by atoms with Crippen molar-refractivity contribution in [1.29, 1.82) is 0 Å². The number of halogens is 1. The van der Waals surface area contributed by atoms with E-state index >= 15 is 0 Å². The van der Waals surface area contributed by atoms with Gasteiger partial charge in [0.15, 0.2) is 0 Å². The molecule has 0 spiro atoms. The first-order valence-electron chi connectivity index (χ1n) is 6.05. The number of benzene rings is 2. The second kappa shape index (κ2) is 6.01. The first-order chi connectivity index (χ1) is 9.98. The topological polar surface area (TPSA) is 86.3 Å². The maximum Gasteiger partial charge on any atom is 0.369 e. The van der Waals surface area contributed by atoms with Crippen molar-refractivity contribution in [3.8, 4) is 0 Å². The quantitative estimate of drug-likeness (QED) is 0.357. The fourth-order valence-electron chi connectivity index (χ4n) is 2.15. The molecule has 2 atom stereocenters. The van der Waals surface area contributed by atoms with Crippen LogP contribution in [0.2, 0.25) is 0 Å². The van der Waals surface area contributed by atoms with E-state index in [2.05, 4.69) is 15.9 Å². The maximum atomic E-state index is 11.6. The predicted octanol–water partition coefficient (Wildman–Crippen LogP) is 3.53. The number of hydrogen-bond acceptors (Lipinski definition) is 4. The van der Waals surface area contributed by atoms with Crippen LogP contribution in [0.4, 0.5) is 0 Å². The van der Waals surface area contributed by atoms with Gasteiger partial charge in [-0.1, -0.05) is 60.7 Å². The molecule has 21 heavy (non-hydrogen) atoms. The third-order valence-electron chi connectivity index (χ3n) is 3.13. The van der Waals surface area contributed by atoms with Gasteiger partial charge in [-0.3, -0.25) is 20.2 Å². The van der Waals surface area contributed by atoms with Gasteiger partial charge in [-0.15, -0.1) is 0 Å². The van der Waals surface area contributed by atoms with E-state index in [1.165, 1.54) is 24.3 Å². The van der Waals surface area contributed by atoms with Gasteiger partial charge in [0.1, 0.15) is 0 Å². The Morgan fingerprint density at radius 2 is 1.38 bits per heavy atom. The standard InChI is InChI=1S/C14H11BrN2O4/c15-14(17(20)21,12-9-5-2-6-10-12)13(16(18)19)11-7-3-1-4-8-11/h1-10,13H. The highest BCUT2D eigenvalue weighted by atomic mass is 79.9. The molecule has 0 amide bonds. The number of nitro groups is 2. The van der Waals surface area contributed by atoms with E-state index in [-0.39, 0.29) is 11.1 Å². The van der Waals surface area contributed by atoms with Gasteiger partial charge in [0.25, 0.3) is 0 Å². The molecule has 0 aliphatic heterocycles. The van der Waals surface area contributed by atoms with Crippen LogP contribution < -0.4 is 0 Å². The second-order valence-corrected chi connectivity index (χ2v) is 5.60. The van der Waals surface area contributed by atoms with Gasteiger partial charge in [0.2, 0.25) is 0 Å². The molecule has 2 aromatic rings. The van der Waals surface area contributed by atoms with Crippen molar-refractivity contribution in [3.63, 3.8) is 0 Å². The summed E-state index contributed by atoms with van der Waals surface area (Å²) in [6, 6.07) is 14.3. The molecule has 108 valence electrons. The highest BCUT2D eigenvalue weighted by Gasteiger charge is 2.58. The van der Waals surface area contributed by atoms with Gasteiger partial charge in [-0.25, -0.2) is 0 Å². The lowest BCUT2D eigenvalue weighted by Crippen LogP contribution is -2.39. The van der Waals surface area contributed by atoms with Crippen molar-refractivity contribution in [3.05, 3.63) is 92.0 Å². The van der Waals surface area contributed by atoms with Crippen LogP contribution in [0.25, 0.3) is 0 Å². The molecule has 6 nitrogen and oxygen atoms in total. The summed E-state index contributed by atoms with van der Waals surface area (Å²) in [7, 11) is 0. The number of nitrogens with zero attached hydrogens (tertiary/aromatic N) is 2. The van der Waals surface area contributed by atoms with Gasteiger partial charge in [0, 0.05) is 32.0 Å². The van der Waals surface area contributed by atoms with Crippen LogP contribution in [-0.2, 0) is 4.45 Å². The van der Waals surface area contributed by atoms with Gasteiger partial charge in [-0.2, -0.15) is 0 Å². The minimum atomic E-state index is -2.03. The lowest BCUT2D eigenvalue weighted by molar-refractivity contribution is -0.639. The van der Waals surface area contributed by atoms with Crippen molar-refractivity contribution < 1.29 is 9.85 Å². The van der Waals surface area contributed by atoms with Crippen LogP contribution in [0.5, 0.6) is 0 Å². The smallest absolute Gasteiger partial charge is 0.264 e. The first kappa shape index (κ1) is 15.1. The highest BCUT2D eigenvalue weighted by Crippen LogP contribution is 2.45. The van der Waals surface area contributed by atoms with Crippen LogP contribution >= 0.6 is 15.9 Å². The maximum absolute atomic E-state index is 11.6. The summed E-state index contributed by atoms with van der Waals surface area (Å²) in [5.41, 5.74) is 0.487. The summed E-state index contributed by atoms with van der Waals surface area (Å²) in [6.45, 7) is 0. The molecule has 0 aliphatic carbocycles. The van der Waals surface area contributed by atoms with Crippen molar-refractivity contribution in [2.45, 2.75) is 10.5 Å². The zero-order valence-corrected chi connectivity index (χ0v) is 12.3. The normalized spacial score (nSPS) is 14.9. The summed E-state index contributed by atoms with van der Waals surface area (Å²) in [5, 5.41) is 23.1. The van der Waals surface area contributed by atoms with E-state index in [0.717, 1.165) is 0 Å². The van der Waals surface area contributed by atoms with Crippen molar-refractivity contribution in [2.75, 3.05) is 0 Å². The molecule has 0 aliphatic rings. The molecule has 0 N–H and O–H groups in total. The van der Waals surface area contributed by atoms with Crippen LogP contribution in [0.1, 0.15) is 17.2 Å². The molecule has 0 heterocycles. The third-order valence-corrected chi connectivity index (χ3v) is 4.31. The van der Waals surface area contributed by atoms with Crippen LogP contribution in [-0.4, -0.2) is 9.85 Å². The summed E-state index contributed by atoms with van der Waals surface area (Å²) in [5.74, 6) is 0.